The molecule has 100 valence electrons. The van der Waals surface area contributed by atoms with Gasteiger partial charge in [0, 0.05) is 31.5 Å². The molecule has 0 fully saturated rings. The Hall–Kier alpha value is -1.43. The Bertz CT molecular complexity index is 483. The number of nitrogens with zero attached hydrogens (tertiary/aromatic N) is 2. The molecule has 0 radical (unpaired) electrons. The van der Waals surface area contributed by atoms with Crippen molar-refractivity contribution >= 4 is 23.0 Å². The molecule has 1 atom stereocenters. The third kappa shape index (κ3) is 3.80. The van der Waals surface area contributed by atoms with Crippen LogP contribution >= 0.6 is 12.2 Å². The predicted molar refractivity (Wildman–Crippen MR) is 78.2 cm³/mol. The molecule has 6 heteroatoms. The van der Waals surface area contributed by atoms with E-state index in [1.165, 1.54) is 6.07 Å². The summed E-state index contributed by atoms with van der Waals surface area (Å²) < 4.78 is 0. The predicted octanol–water partition coefficient (Wildman–Crippen LogP) is 1.25. The molecule has 0 amide bonds. The van der Waals surface area contributed by atoms with Crippen LogP contribution in [0.15, 0.2) is 10.9 Å². The van der Waals surface area contributed by atoms with Gasteiger partial charge in [-0.15, -0.1) is 0 Å². The standard InChI is InChI=1S/C12H20N4OS/c1-7(2)12-14-9(5-10(17)15-12)16(4)6-8(3)11(13)18/h5,7-8H,6H2,1-4H3,(H2,13,18)(H,14,15,17). The normalized spacial score (nSPS) is 12.5. The first-order valence-electron chi connectivity index (χ1n) is 5.93. The number of nitrogens with two attached hydrogens (primary N) is 1. The molecule has 3 N–H and O–H groups in total. The molecule has 1 heterocycles. The molecule has 0 spiro atoms. The van der Waals surface area contributed by atoms with Crippen molar-refractivity contribution in [2.24, 2.45) is 11.7 Å². The maximum Gasteiger partial charge on any atom is 0.252 e. The van der Waals surface area contributed by atoms with Gasteiger partial charge in [0.05, 0.1) is 4.99 Å². The van der Waals surface area contributed by atoms with Gasteiger partial charge >= 0.3 is 0 Å². The molecular weight excluding hydrogens is 248 g/mol. The molecule has 5 nitrogen and oxygen atoms in total. The highest BCUT2D eigenvalue weighted by Crippen LogP contribution is 2.13. The Labute approximate surface area is 112 Å². The van der Waals surface area contributed by atoms with Gasteiger partial charge in [-0.3, -0.25) is 4.79 Å². The second-order valence-corrected chi connectivity index (χ2v) is 5.30. The molecule has 0 saturated carbocycles. The summed E-state index contributed by atoms with van der Waals surface area (Å²) in [7, 11) is 1.88. The van der Waals surface area contributed by atoms with E-state index in [2.05, 4.69) is 9.97 Å². The van der Waals surface area contributed by atoms with Gasteiger partial charge in [-0.2, -0.15) is 0 Å². The molecule has 0 bridgehead atoms. The first-order chi connectivity index (χ1) is 8.31. The average molecular weight is 268 g/mol. The Kier molecular flexibility index (Phi) is 4.84. The van der Waals surface area contributed by atoms with Crippen molar-refractivity contribution < 1.29 is 0 Å². The average Bonchev–Trinajstić information content (AvgIpc) is 2.27. The van der Waals surface area contributed by atoms with E-state index in [4.69, 9.17) is 18.0 Å². The first-order valence-corrected chi connectivity index (χ1v) is 6.33. The van der Waals surface area contributed by atoms with Gasteiger partial charge in [0.2, 0.25) is 0 Å². The lowest BCUT2D eigenvalue weighted by Gasteiger charge is -2.22. The Morgan fingerprint density at radius 2 is 2.17 bits per heavy atom. The van der Waals surface area contributed by atoms with E-state index in [-0.39, 0.29) is 17.4 Å². The van der Waals surface area contributed by atoms with Gasteiger partial charge in [0.1, 0.15) is 11.6 Å². The lowest BCUT2D eigenvalue weighted by Crippen LogP contribution is -2.32. The van der Waals surface area contributed by atoms with Gasteiger partial charge in [0.25, 0.3) is 5.56 Å². The molecule has 18 heavy (non-hydrogen) atoms. The van der Waals surface area contributed by atoms with Gasteiger partial charge in [-0.25, -0.2) is 4.98 Å². The molecule has 1 unspecified atom stereocenters. The summed E-state index contributed by atoms with van der Waals surface area (Å²) in [4.78, 5) is 21.1. The van der Waals surface area contributed by atoms with E-state index in [1.807, 2.05) is 32.7 Å². The minimum atomic E-state index is -0.140. The van der Waals surface area contributed by atoms with Gasteiger partial charge in [0.15, 0.2) is 0 Å². The fraction of sp³-hybridized carbons (Fsp3) is 0.583. The minimum Gasteiger partial charge on any atom is -0.393 e. The SMILES string of the molecule is CC(CN(C)c1cc(=O)[nH]c(C(C)C)n1)C(N)=S. The quantitative estimate of drug-likeness (QED) is 0.786. The smallest absolute Gasteiger partial charge is 0.252 e. The van der Waals surface area contributed by atoms with E-state index in [0.717, 1.165) is 0 Å². The summed E-state index contributed by atoms with van der Waals surface area (Å²) >= 11 is 4.94. The lowest BCUT2D eigenvalue weighted by molar-refractivity contribution is 0.715. The zero-order valence-electron chi connectivity index (χ0n) is 11.2. The topological polar surface area (TPSA) is 75.0 Å². The van der Waals surface area contributed by atoms with Crippen molar-refractivity contribution in [1.29, 1.82) is 0 Å². The Morgan fingerprint density at radius 3 is 2.67 bits per heavy atom. The van der Waals surface area contributed by atoms with Gasteiger partial charge in [-0.1, -0.05) is 33.0 Å². The molecular formula is C12H20N4OS. The Balaban J connectivity index is 2.95. The van der Waals surface area contributed by atoms with Crippen LogP contribution in [0.3, 0.4) is 0 Å². The molecule has 1 aromatic rings. The summed E-state index contributed by atoms with van der Waals surface area (Å²) in [6.07, 6.45) is 0. The fourth-order valence-electron chi connectivity index (χ4n) is 1.53. The number of aromatic amines is 1. The van der Waals surface area contributed by atoms with Crippen molar-refractivity contribution in [2.45, 2.75) is 26.7 Å². The second-order valence-electron chi connectivity index (χ2n) is 4.83. The highest BCUT2D eigenvalue weighted by molar-refractivity contribution is 7.80. The highest BCUT2D eigenvalue weighted by atomic mass is 32.1. The fourth-order valence-corrected chi connectivity index (χ4v) is 1.60. The van der Waals surface area contributed by atoms with Crippen molar-refractivity contribution in [3.05, 3.63) is 22.2 Å². The van der Waals surface area contributed by atoms with Crippen LogP contribution in [0, 0.1) is 5.92 Å². The van der Waals surface area contributed by atoms with Crippen LogP contribution in [-0.4, -0.2) is 28.5 Å². The Morgan fingerprint density at radius 1 is 1.56 bits per heavy atom. The molecule has 0 aromatic carbocycles. The highest BCUT2D eigenvalue weighted by Gasteiger charge is 2.12. The molecule has 1 aromatic heterocycles. The number of thiocarbonyl (C=S) groups is 1. The third-order valence-electron chi connectivity index (χ3n) is 2.72. The van der Waals surface area contributed by atoms with E-state index >= 15 is 0 Å². The number of hydrogen-bond acceptors (Lipinski definition) is 4. The molecule has 0 aliphatic heterocycles. The van der Waals surface area contributed by atoms with Gasteiger partial charge < -0.3 is 15.6 Å². The number of rotatable bonds is 5. The second kappa shape index (κ2) is 5.95. The van der Waals surface area contributed by atoms with Crippen LogP contribution in [0.1, 0.15) is 32.5 Å². The van der Waals surface area contributed by atoms with Crippen LogP contribution in [-0.2, 0) is 0 Å². The maximum atomic E-state index is 11.6. The largest absolute Gasteiger partial charge is 0.393 e. The number of hydrogen-bond donors (Lipinski definition) is 2. The van der Waals surface area contributed by atoms with Gasteiger partial charge in [-0.05, 0) is 0 Å². The van der Waals surface area contributed by atoms with E-state index in [1.54, 1.807) is 0 Å². The van der Waals surface area contributed by atoms with Crippen LogP contribution < -0.4 is 16.2 Å². The number of H-pyrrole nitrogens is 1. The van der Waals surface area contributed by atoms with Crippen LogP contribution in [0.5, 0.6) is 0 Å². The first kappa shape index (κ1) is 14.6. The molecule has 0 saturated heterocycles. The van der Waals surface area contributed by atoms with Crippen molar-refractivity contribution in [1.82, 2.24) is 9.97 Å². The van der Waals surface area contributed by atoms with Crippen molar-refractivity contribution in [3.63, 3.8) is 0 Å². The molecule has 0 aliphatic rings. The van der Waals surface area contributed by atoms with Crippen molar-refractivity contribution in [3.8, 4) is 0 Å². The monoisotopic (exact) mass is 268 g/mol. The number of nitrogens with one attached hydrogen (secondary N) is 1. The van der Waals surface area contributed by atoms with E-state index < -0.39 is 0 Å². The summed E-state index contributed by atoms with van der Waals surface area (Å²) in [6.45, 7) is 6.57. The third-order valence-corrected chi connectivity index (χ3v) is 3.12. The zero-order chi connectivity index (χ0) is 13.9. The molecule has 0 aliphatic carbocycles. The minimum absolute atomic E-state index is 0.0774. The number of anilines is 1. The van der Waals surface area contributed by atoms with E-state index in [0.29, 0.717) is 23.2 Å². The summed E-state index contributed by atoms with van der Waals surface area (Å²) in [5.74, 6) is 1.59. The summed E-state index contributed by atoms with van der Waals surface area (Å²) in [5, 5.41) is 0. The number of aromatic nitrogens is 2. The van der Waals surface area contributed by atoms with Crippen molar-refractivity contribution in [2.75, 3.05) is 18.5 Å². The summed E-state index contributed by atoms with van der Waals surface area (Å²) in [5.41, 5.74) is 5.45. The molecule has 1 rings (SSSR count). The van der Waals surface area contributed by atoms with E-state index in [9.17, 15) is 4.79 Å². The lowest BCUT2D eigenvalue weighted by atomic mass is 10.1. The maximum absolute atomic E-state index is 11.6. The van der Waals surface area contributed by atoms with Crippen LogP contribution in [0.25, 0.3) is 0 Å². The van der Waals surface area contributed by atoms with Crippen LogP contribution in [0.2, 0.25) is 0 Å². The van der Waals surface area contributed by atoms with Crippen LogP contribution in [0.4, 0.5) is 5.82 Å². The zero-order valence-corrected chi connectivity index (χ0v) is 12.0. The summed E-state index contributed by atoms with van der Waals surface area (Å²) in [6, 6.07) is 1.48.